The van der Waals surface area contributed by atoms with Crippen LogP contribution < -0.4 is 0 Å². The highest BCUT2D eigenvalue weighted by Gasteiger charge is 2.33. The lowest BCUT2D eigenvalue weighted by atomic mass is 9.97. The van der Waals surface area contributed by atoms with Crippen molar-refractivity contribution < 1.29 is 4.79 Å². The summed E-state index contributed by atoms with van der Waals surface area (Å²) in [7, 11) is 0. The van der Waals surface area contributed by atoms with Crippen molar-refractivity contribution in [3.8, 4) is 11.1 Å². The van der Waals surface area contributed by atoms with Crippen LogP contribution in [0.5, 0.6) is 0 Å². The van der Waals surface area contributed by atoms with Gasteiger partial charge in [0, 0.05) is 49.0 Å². The van der Waals surface area contributed by atoms with Crippen LogP contribution in [0.15, 0.2) is 42.2 Å². The van der Waals surface area contributed by atoms with Gasteiger partial charge in [-0.25, -0.2) is 4.98 Å². The van der Waals surface area contributed by atoms with Gasteiger partial charge in [-0.15, -0.1) is 11.3 Å². The van der Waals surface area contributed by atoms with Gasteiger partial charge in [0.15, 0.2) is 0 Å². The van der Waals surface area contributed by atoms with Gasteiger partial charge in [-0.05, 0) is 35.7 Å². The summed E-state index contributed by atoms with van der Waals surface area (Å²) >= 11 is 1.70. The fraction of sp³-hybridized carbons (Fsp3) is 0.300. The van der Waals surface area contributed by atoms with E-state index in [1.165, 1.54) is 0 Å². The molecule has 0 saturated heterocycles. The average molecular weight is 364 g/mol. The minimum atomic E-state index is -0.257. The normalized spacial score (nSPS) is 16.6. The molecule has 132 valence electrons. The van der Waals surface area contributed by atoms with Crippen molar-refractivity contribution in [1.82, 2.24) is 19.9 Å². The topological polar surface area (TPSA) is 59.0 Å². The summed E-state index contributed by atoms with van der Waals surface area (Å²) in [6.07, 6.45) is 8.23. The standard InChI is InChI=1S/C20H20N4OS/c1-2-15-13-26-19(23-15)6-10-24-11-17-20(18(24)12-25)16(5-9-22-17)14-3-7-21-8-4-14/h3-5,7-9,12-13,18H,2,6,10-11H2,1H3. The lowest BCUT2D eigenvalue weighted by molar-refractivity contribution is -0.112. The number of aryl methyl sites for hydroxylation is 1. The van der Waals surface area contributed by atoms with Crippen LogP contribution in [0, 0.1) is 0 Å². The highest BCUT2D eigenvalue weighted by molar-refractivity contribution is 7.09. The largest absolute Gasteiger partial charge is 0.301 e. The molecule has 0 spiro atoms. The van der Waals surface area contributed by atoms with Crippen LogP contribution >= 0.6 is 11.3 Å². The maximum absolute atomic E-state index is 11.9. The van der Waals surface area contributed by atoms with Crippen LogP contribution in [0.4, 0.5) is 0 Å². The van der Waals surface area contributed by atoms with Crippen molar-refractivity contribution in [2.24, 2.45) is 0 Å². The Morgan fingerprint density at radius 1 is 1.27 bits per heavy atom. The lowest BCUT2D eigenvalue weighted by Crippen LogP contribution is -2.25. The lowest BCUT2D eigenvalue weighted by Gasteiger charge is -2.20. The van der Waals surface area contributed by atoms with E-state index in [0.717, 1.165) is 58.8 Å². The molecule has 3 aromatic rings. The maximum atomic E-state index is 11.9. The second kappa shape index (κ2) is 7.43. The number of fused-ring (bicyclic) bond motifs is 1. The Balaban J connectivity index is 1.59. The van der Waals surface area contributed by atoms with E-state index >= 15 is 0 Å². The molecule has 3 aromatic heterocycles. The maximum Gasteiger partial charge on any atom is 0.141 e. The summed E-state index contributed by atoms with van der Waals surface area (Å²) < 4.78 is 0. The van der Waals surface area contributed by atoms with Gasteiger partial charge in [0.25, 0.3) is 0 Å². The van der Waals surface area contributed by atoms with Gasteiger partial charge in [-0.3, -0.25) is 14.9 Å². The Kier molecular flexibility index (Phi) is 4.86. The quantitative estimate of drug-likeness (QED) is 0.627. The van der Waals surface area contributed by atoms with Crippen molar-refractivity contribution in [3.63, 3.8) is 0 Å². The van der Waals surface area contributed by atoms with E-state index in [1.54, 1.807) is 23.7 Å². The number of aldehydes is 1. The fourth-order valence-electron chi connectivity index (χ4n) is 3.47. The Bertz CT molecular complexity index is 909. The molecular weight excluding hydrogens is 344 g/mol. The van der Waals surface area contributed by atoms with Crippen LogP contribution in [-0.2, 0) is 24.2 Å². The summed E-state index contributed by atoms with van der Waals surface area (Å²) in [4.78, 5) is 27.4. The summed E-state index contributed by atoms with van der Waals surface area (Å²) in [6.45, 7) is 3.61. The van der Waals surface area contributed by atoms with Crippen LogP contribution in [-0.4, -0.2) is 32.7 Å². The third-order valence-electron chi connectivity index (χ3n) is 4.81. The second-order valence-corrected chi connectivity index (χ2v) is 7.28. The first kappa shape index (κ1) is 17.0. The number of rotatable bonds is 6. The molecule has 5 nitrogen and oxygen atoms in total. The highest BCUT2D eigenvalue weighted by atomic mass is 32.1. The number of carbonyl (C=O) groups is 1. The zero-order chi connectivity index (χ0) is 17.9. The van der Waals surface area contributed by atoms with Gasteiger partial charge in [-0.1, -0.05) is 6.92 Å². The van der Waals surface area contributed by atoms with E-state index in [0.29, 0.717) is 6.54 Å². The van der Waals surface area contributed by atoms with E-state index in [4.69, 9.17) is 0 Å². The number of hydrogen-bond donors (Lipinski definition) is 0. The number of hydrogen-bond acceptors (Lipinski definition) is 6. The molecule has 1 aliphatic rings. The number of thiazole rings is 1. The molecule has 0 bridgehead atoms. The van der Waals surface area contributed by atoms with E-state index < -0.39 is 0 Å². The van der Waals surface area contributed by atoms with E-state index in [1.807, 2.05) is 24.4 Å². The fourth-order valence-corrected chi connectivity index (χ4v) is 4.34. The first-order valence-corrected chi connectivity index (χ1v) is 9.69. The van der Waals surface area contributed by atoms with Gasteiger partial charge in [0.05, 0.1) is 22.4 Å². The SMILES string of the molecule is CCc1csc(CCN2Cc3nccc(-c4ccncc4)c3C2C=O)n1. The zero-order valence-corrected chi connectivity index (χ0v) is 15.4. The molecule has 0 radical (unpaired) electrons. The third kappa shape index (κ3) is 3.18. The monoisotopic (exact) mass is 364 g/mol. The summed E-state index contributed by atoms with van der Waals surface area (Å²) in [5.74, 6) is 0. The third-order valence-corrected chi connectivity index (χ3v) is 5.77. The first-order valence-electron chi connectivity index (χ1n) is 8.81. The second-order valence-electron chi connectivity index (χ2n) is 6.34. The molecule has 0 fully saturated rings. The molecule has 26 heavy (non-hydrogen) atoms. The van der Waals surface area contributed by atoms with Crippen LogP contribution in [0.3, 0.4) is 0 Å². The van der Waals surface area contributed by atoms with Crippen molar-refractivity contribution in [3.05, 3.63) is 64.1 Å². The van der Waals surface area contributed by atoms with Crippen LogP contribution in [0.2, 0.25) is 0 Å². The molecule has 1 unspecified atom stereocenters. The molecule has 0 aliphatic carbocycles. The van der Waals surface area contributed by atoms with Gasteiger partial charge < -0.3 is 4.79 Å². The van der Waals surface area contributed by atoms with E-state index in [-0.39, 0.29) is 6.04 Å². The predicted octanol–water partition coefficient (Wildman–Crippen LogP) is 3.46. The van der Waals surface area contributed by atoms with Crippen LogP contribution in [0.25, 0.3) is 11.1 Å². The number of carbonyl (C=O) groups excluding carboxylic acids is 1. The van der Waals surface area contributed by atoms with Gasteiger partial charge in [0.1, 0.15) is 6.29 Å². The minimum absolute atomic E-state index is 0.257. The predicted molar refractivity (Wildman–Crippen MR) is 102 cm³/mol. The molecule has 1 atom stereocenters. The Hall–Kier alpha value is -2.44. The molecule has 0 N–H and O–H groups in total. The summed E-state index contributed by atoms with van der Waals surface area (Å²) in [5.41, 5.74) is 5.30. The number of pyridine rings is 2. The number of aromatic nitrogens is 3. The van der Waals surface area contributed by atoms with Gasteiger partial charge >= 0.3 is 0 Å². The van der Waals surface area contributed by atoms with Crippen LogP contribution in [0.1, 0.15) is 34.9 Å². The number of nitrogens with zero attached hydrogens (tertiary/aromatic N) is 4. The van der Waals surface area contributed by atoms with Crippen molar-refractivity contribution in [2.45, 2.75) is 32.4 Å². The molecule has 0 saturated carbocycles. The van der Waals surface area contributed by atoms with Gasteiger partial charge in [-0.2, -0.15) is 0 Å². The molecule has 0 amide bonds. The molecule has 1 aliphatic heterocycles. The molecule has 6 heteroatoms. The zero-order valence-electron chi connectivity index (χ0n) is 14.6. The Labute approximate surface area is 156 Å². The van der Waals surface area contributed by atoms with Gasteiger partial charge in [0.2, 0.25) is 0 Å². The Morgan fingerprint density at radius 3 is 2.85 bits per heavy atom. The highest BCUT2D eigenvalue weighted by Crippen LogP contribution is 2.38. The summed E-state index contributed by atoms with van der Waals surface area (Å²) in [6, 6.07) is 5.68. The molecule has 0 aromatic carbocycles. The first-order chi connectivity index (χ1) is 12.8. The van der Waals surface area contributed by atoms with Crippen molar-refractivity contribution in [2.75, 3.05) is 6.54 Å². The summed E-state index contributed by atoms with van der Waals surface area (Å²) in [5, 5.41) is 3.25. The van der Waals surface area contributed by atoms with Crippen molar-refractivity contribution >= 4 is 17.6 Å². The molecule has 4 rings (SSSR count). The smallest absolute Gasteiger partial charge is 0.141 e. The molecular formula is C20H20N4OS. The van der Waals surface area contributed by atoms with E-state index in [9.17, 15) is 4.79 Å². The molecule has 4 heterocycles. The Morgan fingerprint density at radius 2 is 2.12 bits per heavy atom. The minimum Gasteiger partial charge on any atom is -0.301 e. The van der Waals surface area contributed by atoms with Crippen molar-refractivity contribution in [1.29, 1.82) is 0 Å². The average Bonchev–Trinajstić information content (AvgIpc) is 3.30. The van der Waals surface area contributed by atoms with E-state index in [2.05, 4.69) is 32.2 Å².